The van der Waals surface area contributed by atoms with Gasteiger partial charge in [-0.1, -0.05) is 26.0 Å². The molecular formula is C15H21N3O. The highest BCUT2D eigenvalue weighted by molar-refractivity contribution is 5.69. The minimum absolute atomic E-state index is 0.640. The van der Waals surface area contributed by atoms with Crippen LogP contribution in [0, 0.1) is 5.92 Å². The molecule has 1 aromatic carbocycles. The molecule has 0 spiro atoms. The molecule has 0 aliphatic heterocycles. The molecule has 0 saturated heterocycles. The Kier molecular flexibility index (Phi) is 4.58. The monoisotopic (exact) mass is 259 g/mol. The maximum absolute atomic E-state index is 5.40. The summed E-state index contributed by atoms with van der Waals surface area (Å²) in [6, 6.07) is 7.97. The number of aromatic nitrogens is 2. The van der Waals surface area contributed by atoms with Gasteiger partial charge in [0.15, 0.2) is 0 Å². The van der Waals surface area contributed by atoms with Crippen molar-refractivity contribution >= 4 is 0 Å². The molecule has 0 atom stereocenters. The van der Waals surface area contributed by atoms with E-state index in [4.69, 9.17) is 4.74 Å². The molecule has 1 aromatic heterocycles. The number of methoxy groups -OCH3 is 1. The predicted octanol–water partition coefficient (Wildman–Crippen LogP) is 2.83. The van der Waals surface area contributed by atoms with E-state index in [0.29, 0.717) is 5.92 Å². The Morgan fingerprint density at radius 2 is 2.11 bits per heavy atom. The number of rotatable bonds is 6. The average Bonchev–Trinajstić information content (AvgIpc) is 2.86. The molecular weight excluding hydrogens is 238 g/mol. The summed E-state index contributed by atoms with van der Waals surface area (Å²) < 4.78 is 5.40. The van der Waals surface area contributed by atoms with Crippen molar-refractivity contribution in [3.05, 3.63) is 36.0 Å². The van der Waals surface area contributed by atoms with Crippen LogP contribution >= 0.6 is 0 Å². The van der Waals surface area contributed by atoms with Crippen molar-refractivity contribution in [2.45, 2.75) is 20.4 Å². The summed E-state index contributed by atoms with van der Waals surface area (Å²) in [6.07, 6.45) is 1.87. The Morgan fingerprint density at radius 1 is 1.32 bits per heavy atom. The first-order chi connectivity index (χ1) is 9.22. The van der Waals surface area contributed by atoms with E-state index >= 15 is 0 Å². The summed E-state index contributed by atoms with van der Waals surface area (Å²) in [5.41, 5.74) is 3.22. The van der Waals surface area contributed by atoms with Crippen LogP contribution in [0.2, 0.25) is 0 Å². The second kappa shape index (κ2) is 6.38. The highest BCUT2D eigenvalue weighted by Crippen LogP contribution is 2.30. The maximum atomic E-state index is 5.40. The van der Waals surface area contributed by atoms with E-state index in [1.807, 2.05) is 30.5 Å². The van der Waals surface area contributed by atoms with E-state index in [1.165, 1.54) is 0 Å². The van der Waals surface area contributed by atoms with E-state index < -0.39 is 0 Å². The van der Waals surface area contributed by atoms with Crippen molar-refractivity contribution in [3.63, 3.8) is 0 Å². The lowest BCUT2D eigenvalue weighted by atomic mass is 10.1. The Morgan fingerprint density at radius 3 is 2.84 bits per heavy atom. The van der Waals surface area contributed by atoms with Crippen LogP contribution < -0.4 is 10.1 Å². The first kappa shape index (κ1) is 13.6. The fourth-order valence-corrected chi connectivity index (χ4v) is 2.03. The van der Waals surface area contributed by atoms with E-state index in [2.05, 4.69) is 29.4 Å². The highest BCUT2D eigenvalue weighted by atomic mass is 16.5. The van der Waals surface area contributed by atoms with Gasteiger partial charge in [-0.3, -0.25) is 5.10 Å². The first-order valence-corrected chi connectivity index (χ1v) is 6.58. The number of H-pyrrole nitrogens is 1. The normalized spacial score (nSPS) is 10.9. The van der Waals surface area contributed by atoms with E-state index in [0.717, 1.165) is 35.7 Å². The first-order valence-electron chi connectivity index (χ1n) is 6.58. The molecule has 0 radical (unpaired) electrons. The molecule has 0 amide bonds. The zero-order chi connectivity index (χ0) is 13.7. The van der Waals surface area contributed by atoms with Crippen LogP contribution in [0.4, 0.5) is 0 Å². The number of hydrogen-bond donors (Lipinski definition) is 2. The zero-order valence-corrected chi connectivity index (χ0v) is 11.7. The maximum Gasteiger partial charge on any atom is 0.128 e. The fourth-order valence-electron chi connectivity index (χ4n) is 2.03. The van der Waals surface area contributed by atoms with Crippen LogP contribution in [-0.4, -0.2) is 23.9 Å². The average molecular weight is 259 g/mol. The number of benzene rings is 1. The van der Waals surface area contributed by atoms with E-state index in [-0.39, 0.29) is 0 Å². The van der Waals surface area contributed by atoms with Crippen molar-refractivity contribution in [1.82, 2.24) is 15.5 Å². The SMILES string of the molecule is COc1ccccc1-c1[nH]ncc1CNCC(C)C. The summed E-state index contributed by atoms with van der Waals surface area (Å²) in [4.78, 5) is 0. The Labute approximate surface area is 114 Å². The summed E-state index contributed by atoms with van der Waals surface area (Å²) in [7, 11) is 1.69. The number of nitrogens with zero attached hydrogens (tertiary/aromatic N) is 1. The van der Waals surface area contributed by atoms with Gasteiger partial charge in [-0.25, -0.2) is 0 Å². The number of aromatic amines is 1. The quantitative estimate of drug-likeness (QED) is 0.838. The topological polar surface area (TPSA) is 49.9 Å². The lowest BCUT2D eigenvalue weighted by Gasteiger charge is -2.10. The van der Waals surface area contributed by atoms with Crippen molar-refractivity contribution in [1.29, 1.82) is 0 Å². The van der Waals surface area contributed by atoms with E-state index in [1.54, 1.807) is 7.11 Å². The van der Waals surface area contributed by atoms with Crippen LogP contribution in [0.3, 0.4) is 0 Å². The summed E-state index contributed by atoms with van der Waals surface area (Å²) in [5, 5.41) is 10.7. The molecule has 4 nitrogen and oxygen atoms in total. The number of hydrogen-bond acceptors (Lipinski definition) is 3. The molecule has 0 saturated carbocycles. The van der Waals surface area contributed by atoms with Crippen LogP contribution in [0.5, 0.6) is 5.75 Å². The highest BCUT2D eigenvalue weighted by Gasteiger charge is 2.11. The third-order valence-electron chi connectivity index (χ3n) is 2.96. The van der Waals surface area contributed by atoms with Gasteiger partial charge in [-0.15, -0.1) is 0 Å². The molecule has 0 aliphatic rings. The van der Waals surface area contributed by atoms with Gasteiger partial charge in [-0.05, 0) is 24.6 Å². The lowest BCUT2D eigenvalue weighted by Crippen LogP contribution is -2.19. The molecule has 0 aliphatic carbocycles. The van der Waals surface area contributed by atoms with E-state index in [9.17, 15) is 0 Å². The second-order valence-corrected chi connectivity index (χ2v) is 5.00. The van der Waals surface area contributed by atoms with Crippen molar-refractivity contribution in [2.75, 3.05) is 13.7 Å². The fraction of sp³-hybridized carbons (Fsp3) is 0.400. The molecule has 0 unspecified atom stereocenters. The number of para-hydroxylation sites is 1. The van der Waals surface area contributed by atoms with Crippen molar-refractivity contribution in [2.24, 2.45) is 5.92 Å². The molecule has 4 heteroatoms. The minimum Gasteiger partial charge on any atom is -0.496 e. The van der Waals surface area contributed by atoms with Gasteiger partial charge < -0.3 is 10.1 Å². The molecule has 2 aromatic rings. The standard InChI is InChI=1S/C15H21N3O/c1-11(2)8-16-9-12-10-17-18-15(12)13-6-4-5-7-14(13)19-3/h4-7,10-11,16H,8-9H2,1-3H3,(H,17,18). The number of ether oxygens (including phenoxy) is 1. The molecule has 2 rings (SSSR count). The zero-order valence-electron chi connectivity index (χ0n) is 11.7. The minimum atomic E-state index is 0.640. The third kappa shape index (κ3) is 3.35. The van der Waals surface area contributed by atoms with Gasteiger partial charge in [0.05, 0.1) is 19.0 Å². The van der Waals surface area contributed by atoms with Crippen LogP contribution in [0.15, 0.2) is 30.5 Å². The largest absolute Gasteiger partial charge is 0.496 e. The Balaban J connectivity index is 2.19. The molecule has 102 valence electrons. The van der Waals surface area contributed by atoms with Crippen LogP contribution in [0.1, 0.15) is 19.4 Å². The Bertz CT molecular complexity index is 520. The lowest BCUT2D eigenvalue weighted by molar-refractivity contribution is 0.416. The van der Waals surface area contributed by atoms with Gasteiger partial charge in [0.1, 0.15) is 5.75 Å². The van der Waals surface area contributed by atoms with Crippen molar-refractivity contribution in [3.8, 4) is 17.0 Å². The van der Waals surface area contributed by atoms with Gasteiger partial charge >= 0.3 is 0 Å². The van der Waals surface area contributed by atoms with Crippen LogP contribution in [-0.2, 0) is 6.54 Å². The molecule has 0 fully saturated rings. The summed E-state index contributed by atoms with van der Waals surface area (Å²) in [5.74, 6) is 1.50. The molecule has 1 heterocycles. The van der Waals surface area contributed by atoms with Gasteiger partial charge in [0.25, 0.3) is 0 Å². The summed E-state index contributed by atoms with van der Waals surface area (Å²) in [6.45, 7) is 6.20. The second-order valence-electron chi connectivity index (χ2n) is 5.00. The molecule has 0 bridgehead atoms. The van der Waals surface area contributed by atoms with Gasteiger partial charge in [0, 0.05) is 17.7 Å². The van der Waals surface area contributed by atoms with Crippen LogP contribution in [0.25, 0.3) is 11.3 Å². The summed E-state index contributed by atoms with van der Waals surface area (Å²) >= 11 is 0. The number of nitrogens with one attached hydrogen (secondary N) is 2. The van der Waals surface area contributed by atoms with Gasteiger partial charge in [0.2, 0.25) is 0 Å². The smallest absolute Gasteiger partial charge is 0.128 e. The Hall–Kier alpha value is -1.81. The molecule has 2 N–H and O–H groups in total. The molecule has 19 heavy (non-hydrogen) atoms. The van der Waals surface area contributed by atoms with Crippen molar-refractivity contribution < 1.29 is 4.74 Å². The third-order valence-corrected chi connectivity index (χ3v) is 2.96. The van der Waals surface area contributed by atoms with Gasteiger partial charge in [-0.2, -0.15) is 5.10 Å². The predicted molar refractivity (Wildman–Crippen MR) is 77.1 cm³/mol.